The van der Waals surface area contributed by atoms with Crippen LogP contribution < -0.4 is 4.78 Å². The molecule has 0 fully saturated rings. The highest BCUT2D eigenvalue weighted by Gasteiger charge is 2.36. The first kappa shape index (κ1) is 33.7. The lowest BCUT2D eigenvalue weighted by Gasteiger charge is -2.13. The molecule has 6 aromatic rings. The number of esters is 1. The van der Waals surface area contributed by atoms with E-state index in [4.69, 9.17) is 43.0 Å². The third kappa shape index (κ3) is 5.67. The molecule has 4 aromatic heterocycles. The highest BCUT2D eigenvalue weighted by molar-refractivity contribution is 7.24. The second-order valence-corrected chi connectivity index (χ2v) is 15.8. The predicted molar refractivity (Wildman–Crippen MR) is 205 cm³/mol. The number of hydrogen-bond acceptors (Lipinski definition) is 10. The number of hydrogen-bond donors (Lipinski definition) is 0. The summed E-state index contributed by atoms with van der Waals surface area (Å²) < 4.78 is 10.4. The summed E-state index contributed by atoms with van der Waals surface area (Å²) in [5.74, 6) is 2.13. The van der Waals surface area contributed by atoms with Crippen LogP contribution in [0.25, 0.3) is 10.0 Å². The summed E-state index contributed by atoms with van der Waals surface area (Å²) in [6.07, 6.45) is 0.0227. The average Bonchev–Trinajstić information content (AvgIpc) is 3.81. The Labute approximate surface area is 313 Å². The Hall–Kier alpha value is -4.43. The number of aliphatic imine (C=N–C) groups is 2. The van der Waals surface area contributed by atoms with Crippen molar-refractivity contribution >= 4 is 75.3 Å². The highest BCUT2D eigenvalue weighted by atomic mass is 35.5. The monoisotopic (exact) mass is 752 g/mol. The van der Waals surface area contributed by atoms with Gasteiger partial charge in [0.05, 0.1) is 30.9 Å². The Kier molecular flexibility index (Phi) is 8.57. The van der Waals surface area contributed by atoms with Gasteiger partial charge in [-0.3, -0.25) is 23.9 Å². The van der Waals surface area contributed by atoms with Crippen LogP contribution in [0.15, 0.2) is 58.5 Å². The maximum atomic E-state index is 12.6. The minimum atomic E-state index is -0.604. The number of rotatable bonds is 6. The van der Waals surface area contributed by atoms with Gasteiger partial charge in [-0.15, -0.1) is 43.1 Å². The number of nitrogens with zero attached hydrogens (tertiary/aromatic N) is 8. The van der Waals surface area contributed by atoms with Gasteiger partial charge in [0.15, 0.2) is 11.6 Å². The molecule has 2 atom stereocenters. The first-order valence-corrected chi connectivity index (χ1v) is 18.7. The van der Waals surface area contributed by atoms with E-state index in [1.54, 1.807) is 22.7 Å². The van der Waals surface area contributed by atoms with Crippen LogP contribution >= 0.6 is 45.9 Å². The van der Waals surface area contributed by atoms with Crippen LogP contribution in [-0.4, -0.2) is 61.3 Å². The number of fused-ring (bicyclic) bond motifs is 6. The molecule has 51 heavy (non-hydrogen) atoms. The van der Waals surface area contributed by atoms with Crippen molar-refractivity contribution in [3.05, 3.63) is 120 Å². The van der Waals surface area contributed by atoms with Crippen molar-refractivity contribution in [2.75, 3.05) is 7.11 Å². The van der Waals surface area contributed by atoms with E-state index >= 15 is 0 Å². The number of carbonyl (C=O) groups excluding carboxylic acids is 1. The van der Waals surface area contributed by atoms with Crippen molar-refractivity contribution in [2.24, 2.45) is 9.98 Å². The zero-order chi connectivity index (χ0) is 35.7. The lowest BCUT2D eigenvalue weighted by molar-refractivity contribution is -0.141. The quantitative estimate of drug-likeness (QED) is 0.135. The van der Waals surface area contributed by atoms with Crippen LogP contribution in [0.4, 0.5) is 0 Å². The normalized spacial score (nSPS) is 16.2. The number of ether oxygens (including phenoxy) is 1. The van der Waals surface area contributed by atoms with Crippen molar-refractivity contribution in [3.63, 3.8) is 0 Å². The summed E-state index contributed by atoms with van der Waals surface area (Å²) >= 11 is 16.1. The fourth-order valence-electron chi connectivity index (χ4n) is 6.81. The van der Waals surface area contributed by atoms with Gasteiger partial charge in [0, 0.05) is 37.2 Å². The van der Waals surface area contributed by atoms with Gasteiger partial charge >= 0.3 is 5.97 Å². The maximum Gasteiger partial charge on any atom is 0.308 e. The summed E-state index contributed by atoms with van der Waals surface area (Å²) in [7, 11) is 1.94. The zero-order valence-corrected chi connectivity index (χ0v) is 31.8. The van der Waals surface area contributed by atoms with Crippen LogP contribution in [0.2, 0.25) is 10.0 Å². The molecule has 2 aliphatic heterocycles. The summed E-state index contributed by atoms with van der Waals surface area (Å²) in [4.78, 5) is 24.6. The molecule has 0 aliphatic carbocycles. The van der Waals surface area contributed by atoms with E-state index < -0.39 is 6.04 Å². The highest BCUT2D eigenvalue weighted by Crippen LogP contribution is 2.40. The molecule has 0 N–H and O–H groups in total. The summed E-state index contributed by atoms with van der Waals surface area (Å²) in [5.41, 5.74) is 7.79. The number of carbonyl (C=O) groups is 1. The molecular formula is C36H31BCl2N8O2S2. The van der Waals surface area contributed by atoms with Crippen molar-refractivity contribution in [2.45, 2.75) is 53.0 Å². The van der Waals surface area contributed by atoms with Gasteiger partial charge < -0.3 is 4.74 Å². The second-order valence-electron chi connectivity index (χ2n) is 12.7. The Morgan fingerprint density at radius 2 is 1.27 bits per heavy atom. The van der Waals surface area contributed by atoms with Crippen molar-refractivity contribution in [1.82, 2.24) is 29.5 Å². The third-order valence-corrected chi connectivity index (χ3v) is 12.5. The topological polar surface area (TPSA) is 112 Å². The number of methoxy groups -OCH3 is 1. The van der Waals surface area contributed by atoms with E-state index in [1.807, 2.05) is 66.9 Å². The lowest BCUT2D eigenvalue weighted by atomic mass is 9.66. The summed E-state index contributed by atoms with van der Waals surface area (Å²) in [5, 5.41) is 21.6. The van der Waals surface area contributed by atoms with Gasteiger partial charge in [-0.1, -0.05) is 47.5 Å². The van der Waals surface area contributed by atoms with Gasteiger partial charge in [0.25, 0.3) is 0 Å². The largest absolute Gasteiger partial charge is 0.469 e. The third-order valence-electron chi connectivity index (χ3n) is 9.54. The van der Waals surface area contributed by atoms with Gasteiger partial charge in [-0.25, -0.2) is 0 Å². The molecule has 0 spiro atoms. The molecule has 0 radical (unpaired) electrons. The van der Waals surface area contributed by atoms with Crippen LogP contribution in [-0.2, 0) is 9.53 Å². The van der Waals surface area contributed by atoms with Gasteiger partial charge in [0.2, 0.25) is 7.28 Å². The number of benzene rings is 2. The van der Waals surface area contributed by atoms with Crippen molar-refractivity contribution in [3.8, 4) is 10.0 Å². The molecule has 2 aromatic carbocycles. The molecule has 2 aliphatic rings. The van der Waals surface area contributed by atoms with E-state index in [0.717, 1.165) is 65.7 Å². The van der Waals surface area contributed by atoms with Gasteiger partial charge in [-0.05, 0) is 74.8 Å². The summed E-state index contributed by atoms with van der Waals surface area (Å²) in [6, 6.07) is 14.9. The Balaban J connectivity index is 1.33. The number of halogens is 2. The van der Waals surface area contributed by atoms with Crippen molar-refractivity contribution < 1.29 is 9.53 Å². The lowest BCUT2D eigenvalue weighted by Crippen LogP contribution is -2.24. The number of thiophene rings is 2. The Morgan fingerprint density at radius 1 is 0.745 bits per heavy atom. The molecule has 8 rings (SSSR count). The maximum absolute atomic E-state index is 12.6. The SMILES string of the molecule is COC(=O)CC1N=C(c2ccc(Cl)cc2)c2c(sc(BC3N=C(c4ccc(Cl)cc4)c4c(sc(C)c4C)-n4c(C)nnc43)c2C)-n2c(C)nnc21. The average molecular weight is 754 g/mol. The molecule has 10 nitrogen and oxygen atoms in total. The summed E-state index contributed by atoms with van der Waals surface area (Å²) in [6.45, 7) is 10.3. The molecule has 6 heterocycles. The van der Waals surface area contributed by atoms with E-state index in [-0.39, 0.29) is 18.3 Å². The number of aryl methyl sites for hydroxylation is 3. The molecule has 15 heteroatoms. The van der Waals surface area contributed by atoms with Crippen LogP contribution in [0.1, 0.15) is 80.0 Å². The van der Waals surface area contributed by atoms with Gasteiger partial charge in [-0.2, -0.15) is 0 Å². The fraction of sp³-hybridized carbons (Fsp3) is 0.250. The fourth-order valence-corrected chi connectivity index (χ4v) is 9.68. The molecule has 0 amide bonds. The van der Waals surface area contributed by atoms with E-state index in [0.29, 0.717) is 29.0 Å². The van der Waals surface area contributed by atoms with Crippen LogP contribution in [0, 0.1) is 34.6 Å². The van der Waals surface area contributed by atoms with E-state index in [9.17, 15) is 4.79 Å². The molecule has 256 valence electrons. The Bertz CT molecular complexity index is 2430. The molecule has 2 unspecified atom stereocenters. The van der Waals surface area contributed by atoms with Crippen molar-refractivity contribution in [1.29, 1.82) is 0 Å². The van der Waals surface area contributed by atoms with E-state index in [2.05, 4.69) is 40.6 Å². The van der Waals surface area contributed by atoms with E-state index in [1.165, 1.54) is 17.6 Å². The molecule has 0 saturated carbocycles. The van der Waals surface area contributed by atoms with Gasteiger partial charge in [0.1, 0.15) is 27.7 Å². The number of aromatic nitrogens is 6. The molecular weight excluding hydrogens is 722 g/mol. The second kappa shape index (κ2) is 13.0. The van der Waals surface area contributed by atoms with Crippen LogP contribution in [0.3, 0.4) is 0 Å². The first-order chi connectivity index (χ1) is 24.5. The molecule has 0 saturated heterocycles. The molecule has 0 bridgehead atoms. The standard InChI is InChI=1S/C36H31BCl2N8O2S2/c1-16-18(3)50-35-27(16)30(22-9-13-24(39)14-10-22)41-31(34-45-43-20(5)47(34)35)37-32-17(2)28-29(21-7-11-23(38)12-8-21)40-25(15-26(48)49-6)33-44-42-19(4)46(33)36(28)51-32/h7-14,25,31,37H,15H2,1-6H3. The van der Waals surface area contributed by atoms with Crippen LogP contribution in [0.5, 0.6) is 0 Å². The first-order valence-electron chi connectivity index (χ1n) is 16.4. The zero-order valence-electron chi connectivity index (χ0n) is 28.7. The smallest absolute Gasteiger partial charge is 0.308 e. The minimum Gasteiger partial charge on any atom is -0.469 e. The minimum absolute atomic E-state index is 0.0227. The Morgan fingerprint density at radius 3 is 1.88 bits per heavy atom. The predicted octanol–water partition coefficient (Wildman–Crippen LogP) is 6.89.